The summed E-state index contributed by atoms with van der Waals surface area (Å²) in [6.45, 7) is 0. The zero-order chi connectivity index (χ0) is 18.4. The summed E-state index contributed by atoms with van der Waals surface area (Å²) in [5.41, 5.74) is 1.56. The van der Waals surface area contributed by atoms with Crippen molar-refractivity contribution < 1.29 is 18.7 Å². The maximum Gasteiger partial charge on any atom is 0.230 e. The van der Waals surface area contributed by atoms with Crippen LogP contribution >= 0.6 is 0 Å². The second-order valence-electron chi connectivity index (χ2n) is 5.51. The molecule has 2 heterocycles. The van der Waals surface area contributed by atoms with E-state index >= 15 is 0 Å². The summed E-state index contributed by atoms with van der Waals surface area (Å²) in [5, 5.41) is 2.71. The maximum absolute atomic E-state index is 12.2. The Bertz CT molecular complexity index is 856. The van der Waals surface area contributed by atoms with Gasteiger partial charge in [-0.2, -0.15) is 0 Å². The first-order valence-electron chi connectivity index (χ1n) is 8.06. The van der Waals surface area contributed by atoms with Crippen LogP contribution in [0.4, 0.5) is 5.95 Å². The van der Waals surface area contributed by atoms with E-state index in [4.69, 9.17) is 13.9 Å². The summed E-state index contributed by atoms with van der Waals surface area (Å²) in [6, 6.07) is 10.8. The van der Waals surface area contributed by atoms with Crippen molar-refractivity contribution in [2.45, 2.75) is 12.8 Å². The second-order valence-corrected chi connectivity index (χ2v) is 5.51. The Morgan fingerprint density at radius 1 is 1.15 bits per heavy atom. The number of anilines is 1. The second kappa shape index (κ2) is 8.15. The van der Waals surface area contributed by atoms with Gasteiger partial charge >= 0.3 is 0 Å². The van der Waals surface area contributed by atoms with Crippen molar-refractivity contribution in [2.24, 2.45) is 0 Å². The van der Waals surface area contributed by atoms with Crippen molar-refractivity contribution in [1.82, 2.24) is 9.97 Å². The number of benzene rings is 1. The first kappa shape index (κ1) is 17.5. The van der Waals surface area contributed by atoms with Crippen molar-refractivity contribution >= 4 is 11.9 Å². The Morgan fingerprint density at radius 3 is 2.58 bits per heavy atom. The van der Waals surface area contributed by atoms with E-state index in [1.165, 1.54) is 0 Å². The molecular weight excluding hydrogens is 334 g/mol. The number of carbonyl (C=O) groups is 1. The molecule has 0 saturated carbocycles. The summed E-state index contributed by atoms with van der Waals surface area (Å²) in [4.78, 5) is 20.6. The molecule has 1 N–H and O–H groups in total. The number of aromatic nitrogens is 2. The van der Waals surface area contributed by atoms with Gasteiger partial charge in [0.25, 0.3) is 0 Å². The van der Waals surface area contributed by atoms with E-state index in [1.54, 1.807) is 50.9 Å². The Balaban J connectivity index is 1.62. The Labute approximate surface area is 151 Å². The molecule has 0 aliphatic rings. The quantitative estimate of drug-likeness (QED) is 0.701. The van der Waals surface area contributed by atoms with E-state index in [-0.39, 0.29) is 18.3 Å². The lowest BCUT2D eigenvalue weighted by Gasteiger charge is -2.08. The van der Waals surface area contributed by atoms with E-state index < -0.39 is 0 Å². The van der Waals surface area contributed by atoms with Crippen molar-refractivity contribution in [2.75, 3.05) is 19.5 Å². The number of hydrogen-bond donors (Lipinski definition) is 1. The summed E-state index contributed by atoms with van der Waals surface area (Å²) in [7, 11) is 3.18. The summed E-state index contributed by atoms with van der Waals surface area (Å²) >= 11 is 0. The minimum absolute atomic E-state index is 0.177. The molecule has 0 fully saturated rings. The molecule has 134 valence electrons. The first-order chi connectivity index (χ1) is 12.7. The predicted octanol–water partition coefficient (Wildman–Crippen LogP) is 3.33. The van der Waals surface area contributed by atoms with Gasteiger partial charge in [-0.3, -0.25) is 10.1 Å². The zero-order valence-corrected chi connectivity index (χ0v) is 14.6. The van der Waals surface area contributed by atoms with Crippen LogP contribution in [0, 0.1) is 0 Å². The van der Waals surface area contributed by atoms with Gasteiger partial charge in [0.1, 0.15) is 17.2 Å². The van der Waals surface area contributed by atoms with Crippen LogP contribution in [0.1, 0.15) is 12.0 Å². The maximum atomic E-state index is 12.2. The smallest absolute Gasteiger partial charge is 0.230 e. The van der Waals surface area contributed by atoms with Gasteiger partial charge in [-0.25, -0.2) is 9.97 Å². The number of hydrogen-bond acceptors (Lipinski definition) is 6. The van der Waals surface area contributed by atoms with Crippen molar-refractivity contribution in [1.29, 1.82) is 0 Å². The fourth-order valence-corrected chi connectivity index (χ4v) is 2.44. The number of ether oxygens (including phenoxy) is 2. The third-order valence-corrected chi connectivity index (χ3v) is 3.73. The molecule has 3 rings (SSSR count). The Morgan fingerprint density at radius 2 is 1.92 bits per heavy atom. The van der Waals surface area contributed by atoms with Gasteiger partial charge in [-0.05, 0) is 42.3 Å². The normalized spacial score (nSPS) is 10.4. The number of rotatable bonds is 7. The van der Waals surface area contributed by atoms with Crippen LogP contribution < -0.4 is 14.8 Å². The van der Waals surface area contributed by atoms with Crippen LogP contribution in [0.5, 0.6) is 11.5 Å². The monoisotopic (exact) mass is 353 g/mol. The molecule has 7 nitrogen and oxygen atoms in total. The lowest BCUT2D eigenvalue weighted by Crippen LogP contribution is -2.14. The molecule has 0 radical (unpaired) electrons. The summed E-state index contributed by atoms with van der Waals surface area (Å²) in [5.74, 6) is 2.06. The Kier molecular flexibility index (Phi) is 5.48. The van der Waals surface area contributed by atoms with Gasteiger partial charge in [0.05, 0.1) is 20.5 Å². The van der Waals surface area contributed by atoms with Crippen molar-refractivity contribution in [3.63, 3.8) is 0 Å². The molecule has 7 heteroatoms. The highest BCUT2D eigenvalue weighted by Crippen LogP contribution is 2.23. The summed E-state index contributed by atoms with van der Waals surface area (Å²) < 4.78 is 15.8. The van der Waals surface area contributed by atoms with E-state index in [0.717, 1.165) is 5.56 Å². The van der Waals surface area contributed by atoms with Crippen LogP contribution in [0.2, 0.25) is 0 Å². The van der Waals surface area contributed by atoms with Crippen LogP contribution in [0.3, 0.4) is 0 Å². The van der Waals surface area contributed by atoms with Crippen molar-refractivity contribution in [3.8, 4) is 23.0 Å². The minimum atomic E-state index is -0.177. The lowest BCUT2D eigenvalue weighted by molar-refractivity contribution is -0.116. The molecule has 0 unspecified atom stereocenters. The lowest BCUT2D eigenvalue weighted by atomic mass is 10.1. The van der Waals surface area contributed by atoms with Gasteiger partial charge in [-0.1, -0.05) is 0 Å². The van der Waals surface area contributed by atoms with Crippen LogP contribution in [-0.4, -0.2) is 30.1 Å². The van der Waals surface area contributed by atoms with Gasteiger partial charge < -0.3 is 13.9 Å². The number of methoxy groups -OCH3 is 2. The number of nitrogens with one attached hydrogen (secondary N) is 1. The molecule has 0 aliphatic carbocycles. The Hall–Kier alpha value is -3.35. The molecule has 0 atom stereocenters. The predicted molar refractivity (Wildman–Crippen MR) is 96.2 cm³/mol. The molecule has 0 saturated heterocycles. The van der Waals surface area contributed by atoms with E-state index in [1.807, 2.05) is 12.1 Å². The SMILES string of the molecule is COc1cc(CCC(=O)Nc2nccc(-c3ccco3)n2)cc(OC)c1. The molecule has 26 heavy (non-hydrogen) atoms. The highest BCUT2D eigenvalue weighted by atomic mass is 16.5. The molecule has 0 spiro atoms. The molecule has 2 aromatic heterocycles. The third kappa shape index (κ3) is 4.38. The van der Waals surface area contributed by atoms with Crippen LogP contribution in [0.15, 0.2) is 53.3 Å². The fraction of sp³-hybridized carbons (Fsp3) is 0.211. The molecule has 1 aromatic carbocycles. The van der Waals surface area contributed by atoms with E-state index in [0.29, 0.717) is 29.4 Å². The highest BCUT2D eigenvalue weighted by molar-refractivity contribution is 5.89. The molecule has 0 bridgehead atoms. The first-order valence-corrected chi connectivity index (χ1v) is 8.06. The van der Waals surface area contributed by atoms with Crippen LogP contribution in [-0.2, 0) is 11.2 Å². The van der Waals surface area contributed by atoms with E-state index in [2.05, 4.69) is 15.3 Å². The number of nitrogens with zero attached hydrogens (tertiary/aromatic N) is 2. The van der Waals surface area contributed by atoms with Gasteiger partial charge in [0, 0.05) is 18.7 Å². The summed E-state index contributed by atoms with van der Waals surface area (Å²) in [6.07, 6.45) is 3.97. The fourth-order valence-electron chi connectivity index (χ4n) is 2.44. The van der Waals surface area contributed by atoms with Gasteiger partial charge in [-0.15, -0.1) is 0 Å². The van der Waals surface area contributed by atoms with Gasteiger partial charge in [0.15, 0.2) is 5.76 Å². The molecule has 3 aromatic rings. The minimum Gasteiger partial charge on any atom is -0.497 e. The average Bonchev–Trinajstić information content (AvgIpc) is 3.21. The number of amides is 1. The third-order valence-electron chi connectivity index (χ3n) is 3.73. The number of carbonyl (C=O) groups excluding carboxylic acids is 1. The largest absolute Gasteiger partial charge is 0.497 e. The van der Waals surface area contributed by atoms with Crippen LogP contribution in [0.25, 0.3) is 11.5 Å². The van der Waals surface area contributed by atoms with Crippen molar-refractivity contribution in [3.05, 3.63) is 54.4 Å². The molecule has 0 aliphatic heterocycles. The number of aryl methyl sites for hydroxylation is 1. The average molecular weight is 353 g/mol. The van der Waals surface area contributed by atoms with Gasteiger partial charge in [0.2, 0.25) is 11.9 Å². The zero-order valence-electron chi connectivity index (χ0n) is 14.6. The molecule has 1 amide bonds. The standard InChI is InChI=1S/C19H19N3O4/c1-24-14-10-13(11-15(12-14)25-2)5-6-18(23)22-19-20-8-7-16(21-19)17-4-3-9-26-17/h3-4,7-12H,5-6H2,1-2H3,(H,20,21,22,23). The molecular formula is C19H19N3O4. The number of furan rings is 1. The highest BCUT2D eigenvalue weighted by Gasteiger charge is 2.09. The topological polar surface area (TPSA) is 86.5 Å². The van der Waals surface area contributed by atoms with E-state index in [9.17, 15) is 4.79 Å².